The minimum atomic E-state index is -0.572. The number of ether oxygens (including phenoxy) is 2. The van der Waals surface area contributed by atoms with Crippen molar-refractivity contribution in [1.82, 2.24) is 9.88 Å². The lowest BCUT2D eigenvalue weighted by molar-refractivity contribution is -0.115. The van der Waals surface area contributed by atoms with E-state index in [1.165, 1.54) is 18.8 Å². The van der Waals surface area contributed by atoms with E-state index >= 15 is 0 Å². The molecule has 0 aliphatic rings. The van der Waals surface area contributed by atoms with Gasteiger partial charge in [-0.05, 0) is 43.2 Å². The van der Waals surface area contributed by atoms with Crippen LogP contribution in [0.3, 0.4) is 0 Å². The topological polar surface area (TPSA) is 93.4 Å². The van der Waals surface area contributed by atoms with Crippen molar-refractivity contribution in [3.8, 4) is 17.5 Å². The first-order valence-corrected chi connectivity index (χ1v) is 11.1. The van der Waals surface area contributed by atoms with E-state index in [1.807, 2.05) is 38.1 Å². The minimum Gasteiger partial charge on any atom is -0.495 e. The van der Waals surface area contributed by atoms with E-state index in [-0.39, 0.29) is 22.3 Å². The van der Waals surface area contributed by atoms with E-state index in [1.54, 1.807) is 30.3 Å². The molecule has 2 aromatic carbocycles. The summed E-state index contributed by atoms with van der Waals surface area (Å²) in [5.74, 6) is -0.119. The molecule has 0 aliphatic heterocycles. The van der Waals surface area contributed by atoms with Gasteiger partial charge in [-0.3, -0.25) is 14.2 Å². The van der Waals surface area contributed by atoms with Crippen LogP contribution in [0.1, 0.15) is 16.7 Å². The van der Waals surface area contributed by atoms with Gasteiger partial charge in [0, 0.05) is 13.7 Å². The molecule has 0 saturated heterocycles. The Morgan fingerprint density at radius 2 is 1.97 bits per heavy atom. The Morgan fingerprint density at radius 3 is 2.67 bits per heavy atom. The largest absolute Gasteiger partial charge is 0.495 e. The van der Waals surface area contributed by atoms with Crippen molar-refractivity contribution in [2.24, 2.45) is 0 Å². The fraction of sp³-hybridized carbons (Fsp3) is 0.240. The highest BCUT2D eigenvalue weighted by Crippen LogP contribution is 2.20. The number of carbonyl (C=O) groups excluding carboxylic acids is 1. The Labute approximate surface area is 195 Å². The predicted octanol–water partition coefficient (Wildman–Crippen LogP) is 1.79. The van der Waals surface area contributed by atoms with Crippen molar-refractivity contribution in [1.29, 1.82) is 5.26 Å². The maximum absolute atomic E-state index is 13.6. The van der Waals surface area contributed by atoms with Crippen LogP contribution >= 0.6 is 11.3 Å². The number of aromatic nitrogens is 1. The van der Waals surface area contributed by atoms with Crippen LogP contribution in [0.4, 0.5) is 0 Å². The molecule has 0 unspecified atom stereocenters. The van der Waals surface area contributed by atoms with Crippen LogP contribution in [0.2, 0.25) is 0 Å². The summed E-state index contributed by atoms with van der Waals surface area (Å²) >= 11 is 1.10. The SMILES string of the molecule is COCCNC(=O)/C(C#N)=c1\s/c(=C\c2cc(C)ccc2C)c(=O)n1-c1ccccc1OC. The maximum Gasteiger partial charge on any atom is 0.273 e. The van der Waals surface area contributed by atoms with Gasteiger partial charge in [-0.15, -0.1) is 11.3 Å². The van der Waals surface area contributed by atoms with Gasteiger partial charge in [0.2, 0.25) is 0 Å². The average molecular weight is 464 g/mol. The monoisotopic (exact) mass is 463 g/mol. The zero-order valence-electron chi connectivity index (χ0n) is 19.0. The molecule has 3 aromatic rings. The van der Waals surface area contributed by atoms with Crippen LogP contribution in [0.15, 0.2) is 47.3 Å². The molecule has 0 aliphatic carbocycles. The van der Waals surface area contributed by atoms with Gasteiger partial charge >= 0.3 is 0 Å². The number of nitriles is 1. The highest BCUT2D eigenvalue weighted by molar-refractivity contribution is 7.07. The molecule has 0 bridgehead atoms. The molecule has 33 heavy (non-hydrogen) atoms. The number of nitrogens with one attached hydrogen (secondary N) is 1. The zero-order valence-corrected chi connectivity index (χ0v) is 19.8. The summed E-state index contributed by atoms with van der Waals surface area (Å²) in [5.41, 5.74) is 2.94. The quantitative estimate of drug-likeness (QED) is 0.540. The molecule has 170 valence electrons. The molecule has 0 fully saturated rings. The molecule has 0 saturated carbocycles. The molecule has 7 nitrogen and oxygen atoms in total. The molecule has 0 atom stereocenters. The Morgan fingerprint density at radius 1 is 1.21 bits per heavy atom. The van der Waals surface area contributed by atoms with E-state index in [2.05, 4.69) is 5.32 Å². The van der Waals surface area contributed by atoms with Crippen molar-refractivity contribution in [3.63, 3.8) is 0 Å². The van der Waals surface area contributed by atoms with Crippen molar-refractivity contribution < 1.29 is 14.3 Å². The first-order chi connectivity index (χ1) is 15.9. The molecule has 8 heteroatoms. The van der Waals surface area contributed by atoms with Crippen molar-refractivity contribution in [3.05, 3.63) is 78.7 Å². The fourth-order valence-corrected chi connectivity index (χ4v) is 4.38. The Hall–Kier alpha value is -3.67. The summed E-state index contributed by atoms with van der Waals surface area (Å²) in [5, 5.41) is 12.5. The summed E-state index contributed by atoms with van der Waals surface area (Å²) in [7, 11) is 3.03. The third-order valence-corrected chi connectivity index (χ3v) is 6.11. The number of rotatable bonds is 7. The molecule has 1 heterocycles. The van der Waals surface area contributed by atoms with E-state index in [0.29, 0.717) is 22.6 Å². The first kappa shape index (κ1) is 24.0. The lowest BCUT2D eigenvalue weighted by Gasteiger charge is -2.09. The van der Waals surface area contributed by atoms with Crippen LogP contribution in [0, 0.1) is 25.2 Å². The van der Waals surface area contributed by atoms with Gasteiger partial charge in [0.05, 0.1) is 23.9 Å². The predicted molar refractivity (Wildman–Crippen MR) is 129 cm³/mol. The number of hydrogen-bond donors (Lipinski definition) is 1. The molecular weight excluding hydrogens is 438 g/mol. The molecule has 1 N–H and O–H groups in total. The Kier molecular flexibility index (Phi) is 7.83. The van der Waals surface area contributed by atoms with Gasteiger partial charge in [0.25, 0.3) is 11.5 Å². The smallest absolute Gasteiger partial charge is 0.273 e. The lowest BCUT2D eigenvalue weighted by Crippen LogP contribution is -2.35. The van der Waals surface area contributed by atoms with Gasteiger partial charge < -0.3 is 14.8 Å². The van der Waals surface area contributed by atoms with Gasteiger partial charge in [-0.25, -0.2) is 0 Å². The first-order valence-electron chi connectivity index (χ1n) is 10.3. The summed E-state index contributed by atoms with van der Waals surface area (Å²) in [6, 6.07) is 15.0. The Balaban J connectivity index is 2.37. The number of para-hydroxylation sites is 2. The van der Waals surface area contributed by atoms with Gasteiger partial charge in [0.15, 0.2) is 5.57 Å². The van der Waals surface area contributed by atoms with Crippen LogP contribution in [-0.4, -0.2) is 37.8 Å². The highest BCUT2D eigenvalue weighted by Gasteiger charge is 2.18. The molecule has 0 spiro atoms. The average Bonchev–Trinajstić information content (AvgIpc) is 3.12. The van der Waals surface area contributed by atoms with Gasteiger partial charge in [-0.2, -0.15) is 5.26 Å². The van der Waals surface area contributed by atoms with Crippen molar-refractivity contribution in [2.45, 2.75) is 13.8 Å². The number of amides is 1. The number of benzene rings is 2. The van der Waals surface area contributed by atoms with E-state index in [4.69, 9.17) is 9.47 Å². The lowest BCUT2D eigenvalue weighted by atomic mass is 10.1. The van der Waals surface area contributed by atoms with Crippen molar-refractivity contribution >= 4 is 28.9 Å². The zero-order chi connectivity index (χ0) is 24.0. The van der Waals surface area contributed by atoms with Crippen LogP contribution < -0.4 is 24.8 Å². The second-order valence-electron chi connectivity index (χ2n) is 7.32. The minimum absolute atomic E-state index is 0.153. The molecule has 1 aromatic heterocycles. The van der Waals surface area contributed by atoms with E-state index in [0.717, 1.165) is 28.0 Å². The fourth-order valence-electron chi connectivity index (χ4n) is 3.29. The number of methoxy groups -OCH3 is 2. The number of carbonyl (C=O) groups is 1. The second-order valence-corrected chi connectivity index (χ2v) is 8.35. The van der Waals surface area contributed by atoms with E-state index < -0.39 is 5.91 Å². The number of nitrogens with zero attached hydrogens (tertiary/aromatic N) is 2. The third kappa shape index (κ3) is 5.22. The maximum atomic E-state index is 13.6. The van der Waals surface area contributed by atoms with Crippen molar-refractivity contribution in [2.75, 3.05) is 27.4 Å². The second kappa shape index (κ2) is 10.8. The normalized spacial score (nSPS) is 12.3. The summed E-state index contributed by atoms with van der Waals surface area (Å²) in [6.45, 7) is 4.50. The summed E-state index contributed by atoms with van der Waals surface area (Å²) in [6.07, 6.45) is 1.79. The molecular formula is C25H25N3O4S. The highest BCUT2D eigenvalue weighted by atomic mass is 32.1. The summed E-state index contributed by atoms with van der Waals surface area (Å²) in [4.78, 5) is 26.4. The molecule has 0 radical (unpaired) electrons. The number of hydrogen-bond acceptors (Lipinski definition) is 6. The number of thiazole rings is 1. The van der Waals surface area contributed by atoms with Gasteiger partial charge in [0.1, 0.15) is 16.5 Å². The van der Waals surface area contributed by atoms with E-state index in [9.17, 15) is 14.9 Å². The standard InChI is InChI=1S/C25H25N3O4S/c1-16-9-10-17(2)18(13-16)14-22-24(30)28(20-7-5-6-8-21(20)32-4)25(33-22)19(15-26)23(29)27-11-12-31-3/h5-10,13-14H,11-12H2,1-4H3,(H,27,29)/b22-14-,25-19-. The third-order valence-electron chi connectivity index (χ3n) is 5.02. The molecule has 1 amide bonds. The van der Waals surface area contributed by atoms with Crippen LogP contribution in [-0.2, 0) is 9.53 Å². The van der Waals surface area contributed by atoms with Crippen LogP contribution in [0.25, 0.3) is 17.3 Å². The molecule has 3 rings (SSSR count). The summed E-state index contributed by atoms with van der Waals surface area (Å²) < 4.78 is 12.4. The van der Waals surface area contributed by atoms with Crippen LogP contribution in [0.5, 0.6) is 5.75 Å². The van der Waals surface area contributed by atoms with Gasteiger partial charge in [-0.1, -0.05) is 35.9 Å². The number of aryl methyl sites for hydroxylation is 2. The Bertz CT molecular complexity index is 1400.